The molecule has 2 amide bonds. The van der Waals surface area contributed by atoms with Gasteiger partial charge in [-0.05, 0) is 39.3 Å². The zero-order chi connectivity index (χ0) is 24.7. The van der Waals surface area contributed by atoms with Gasteiger partial charge in [0, 0.05) is 24.4 Å². The summed E-state index contributed by atoms with van der Waals surface area (Å²) < 4.78 is 11.1. The Balaban J connectivity index is 1.68. The summed E-state index contributed by atoms with van der Waals surface area (Å²) in [4.78, 5) is 31.1. The van der Waals surface area contributed by atoms with Crippen LogP contribution in [0, 0.1) is 16.7 Å². The molecule has 1 fully saturated rings. The molecule has 0 saturated carbocycles. The highest BCUT2D eigenvalue weighted by molar-refractivity contribution is 6.14. The van der Waals surface area contributed by atoms with Crippen molar-refractivity contribution in [2.45, 2.75) is 44.9 Å². The number of likely N-dealkylation sites (tertiary alicyclic amines) is 1. The van der Waals surface area contributed by atoms with E-state index in [1.807, 2.05) is 0 Å². The number of ether oxygens (including phenoxy) is 1. The van der Waals surface area contributed by atoms with E-state index in [2.05, 4.69) is 26.9 Å². The van der Waals surface area contributed by atoms with E-state index in [0.717, 1.165) is 6.21 Å². The van der Waals surface area contributed by atoms with Gasteiger partial charge < -0.3 is 30.2 Å². The predicted octanol–water partition coefficient (Wildman–Crippen LogP) is 2.55. The molecule has 2 aromatic rings. The first kappa shape index (κ1) is 24.4. The third kappa shape index (κ3) is 6.41. The second-order valence-corrected chi connectivity index (χ2v) is 8.72. The third-order valence-corrected chi connectivity index (χ3v) is 4.92. The molecule has 3 rings (SSSR count). The molecule has 0 bridgehead atoms. The summed E-state index contributed by atoms with van der Waals surface area (Å²) in [5.74, 6) is -0.249. The number of nitrogens with zero attached hydrogens (tertiary/aromatic N) is 4. The van der Waals surface area contributed by atoms with Crippen molar-refractivity contribution >= 4 is 24.4 Å². The molecule has 2 heterocycles. The Hall–Kier alpha value is -4.20. The molecule has 3 N–H and O–H groups in total. The van der Waals surface area contributed by atoms with Crippen LogP contribution in [0.15, 0.2) is 40.0 Å². The molecule has 1 aliphatic heterocycles. The largest absolute Gasteiger partial charge is 0.444 e. The van der Waals surface area contributed by atoms with Crippen molar-refractivity contribution in [3.63, 3.8) is 0 Å². The zero-order valence-electron chi connectivity index (χ0n) is 19.2. The zero-order valence-corrected chi connectivity index (χ0v) is 19.2. The van der Waals surface area contributed by atoms with E-state index < -0.39 is 17.6 Å². The summed E-state index contributed by atoms with van der Waals surface area (Å²) >= 11 is 0. The molecule has 0 aliphatic carbocycles. The van der Waals surface area contributed by atoms with E-state index >= 15 is 0 Å². The first-order chi connectivity index (χ1) is 16.2. The number of oxazole rings is 1. The Labute approximate surface area is 197 Å². The lowest BCUT2D eigenvalue weighted by Crippen LogP contribution is -2.44. The summed E-state index contributed by atoms with van der Waals surface area (Å²) in [6.07, 6.45) is 3.75. The van der Waals surface area contributed by atoms with Gasteiger partial charge in [-0.3, -0.25) is 4.79 Å². The lowest BCUT2D eigenvalue weighted by molar-refractivity contribution is 0.0223. The van der Waals surface area contributed by atoms with Crippen LogP contribution in [-0.4, -0.2) is 65.1 Å². The highest BCUT2D eigenvalue weighted by atomic mass is 16.6. The van der Waals surface area contributed by atoms with Crippen LogP contribution >= 0.6 is 0 Å². The topological polar surface area (TPSA) is 157 Å². The number of aromatic nitrogens is 1. The highest BCUT2D eigenvalue weighted by Gasteiger charge is 2.38. The number of hydrogen-bond donors (Lipinski definition) is 3. The van der Waals surface area contributed by atoms with Crippen molar-refractivity contribution in [3.05, 3.63) is 41.9 Å². The number of nitriles is 1. The summed E-state index contributed by atoms with van der Waals surface area (Å²) in [7, 11) is 0. The van der Waals surface area contributed by atoms with Gasteiger partial charge in [0.1, 0.15) is 5.60 Å². The second-order valence-electron chi connectivity index (χ2n) is 8.72. The molecule has 0 radical (unpaired) electrons. The van der Waals surface area contributed by atoms with Gasteiger partial charge in [0.05, 0.1) is 36.6 Å². The highest BCUT2D eigenvalue weighted by Crippen LogP contribution is 2.23. The minimum Gasteiger partial charge on any atom is -0.444 e. The van der Waals surface area contributed by atoms with E-state index in [1.165, 1.54) is 12.4 Å². The monoisotopic (exact) mass is 465 g/mol. The molecule has 1 saturated heterocycles. The standard InChI is InChI=1S/C23H27N7O4/c1-23(2,3)34-22(32)30-14-17(10-18(30)12-28-27-8-7-24)29-20(31)21-26-13-19(33-21)16-6-4-5-15(9-16)11-25/h4-9,13,17-18,24,28H,10,12,14H2,1-3H3,(H,29,31)/b24-7?,27-8-/t17-,18+/m1/s1. The molecule has 0 unspecified atom stereocenters. The normalized spacial score (nSPS) is 17.9. The van der Waals surface area contributed by atoms with Crippen LogP contribution in [0.25, 0.3) is 11.3 Å². The molecule has 1 aromatic heterocycles. The maximum atomic E-state index is 12.8. The van der Waals surface area contributed by atoms with E-state index in [4.69, 9.17) is 19.8 Å². The maximum Gasteiger partial charge on any atom is 0.410 e. The van der Waals surface area contributed by atoms with Gasteiger partial charge in [-0.25, -0.2) is 9.78 Å². The van der Waals surface area contributed by atoms with E-state index in [-0.39, 0.29) is 24.5 Å². The van der Waals surface area contributed by atoms with Crippen LogP contribution in [0.2, 0.25) is 0 Å². The van der Waals surface area contributed by atoms with Crippen molar-refractivity contribution in [1.82, 2.24) is 20.6 Å². The van der Waals surface area contributed by atoms with Gasteiger partial charge in [0.25, 0.3) is 5.89 Å². The number of carbonyl (C=O) groups excluding carboxylic acids is 2. The quantitative estimate of drug-likeness (QED) is 0.419. The second kappa shape index (κ2) is 10.6. The SMILES string of the molecule is CC(C)(C)OC(=O)N1C[C@H](NC(=O)c2ncc(-c3cccc(C#N)c3)o2)C[C@H]1CN/N=C\C=N. The van der Waals surface area contributed by atoms with Gasteiger partial charge in [-0.15, -0.1) is 0 Å². The van der Waals surface area contributed by atoms with Crippen molar-refractivity contribution in [2.24, 2.45) is 5.10 Å². The maximum absolute atomic E-state index is 12.8. The van der Waals surface area contributed by atoms with Crippen LogP contribution < -0.4 is 10.7 Å². The lowest BCUT2D eigenvalue weighted by atomic mass is 10.1. The Bertz CT molecular complexity index is 1110. The van der Waals surface area contributed by atoms with Crippen molar-refractivity contribution in [2.75, 3.05) is 13.1 Å². The van der Waals surface area contributed by atoms with Crippen molar-refractivity contribution in [1.29, 1.82) is 10.7 Å². The van der Waals surface area contributed by atoms with Crippen molar-refractivity contribution < 1.29 is 18.7 Å². The molecule has 0 spiro atoms. The molecule has 1 aliphatic rings. The number of carbonyl (C=O) groups is 2. The molecule has 11 nitrogen and oxygen atoms in total. The summed E-state index contributed by atoms with van der Waals surface area (Å²) in [5, 5.41) is 22.8. The van der Waals surface area contributed by atoms with Gasteiger partial charge in [0.15, 0.2) is 5.76 Å². The van der Waals surface area contributed by atoms with Crippen LogP contribution in [0.3, 0.4) is 0 Å². The average Bonchev–Trinajstić information content (AvgIpc) is 3.43. The smallest absolute Gasteiger partial charge is 0.410 e. The molecule has 11 heteroatoms. The van der Waals surface area contributed by atoms with Gasteiger partial charge >= 0.3 is 12.0 Å². The Kier molecular flexibility index (Phi) is 7.63. The number of rotatable bonds is 7. The minimum atomic E-state index is -0.661. The summed E-state index contributed by atoms with van der Waals surface area (Å²) in [6, 6.07) is 8.23. The minimum absolute atomic E-state index is 0.113. The number of nitrogens with one attached hydrogen (secondary N) is 3. The number of amides is 2. The van der Waals surface area contributed by atoms with E-state index in [9.17, 15) is 9.59 Å². The first-order valence-corrected chi connectivity index (χ1v) is 10.7. The average molecular weight is 466 g/mol. The Morgan fingerprint density at radius 2 is 2.24 bits per heavy atom. The number of benzene rings is 1. The fraction of sp³-hybridized carbons (Fsp3) is 0.391. The summed E-state index contributed by atoms with van der Waals surface area (Å²) in [5.41, 5.74) is 3.26. The van der Waals surface area contributed by atoms with E-state index in [0.29, 0.717) is 29.9 Å². The molecular weight excluding hydrogens is 438 g/mol. The number of hydrogen-bond acceptors (Lipinski definition) is 9. The first-order valence-electron chi connectivity index (χ1n) is 10.7. The van der Waals surface area contributed by atoms with Crippen molar-refractivity contribution in [3.8, 4) is 17.4 Å². The lowest BCUT2D eigenvalue weighted by Gasteiger charge is -2.28. The fourth-order valence-electron chi connectivity index (χ4n) is 3.51. The van der Waals surface area contributed by atoms with Crippen LogP contribution in [0.1, 0.15) is 43.4 Å². The molecular formula is C23H27N7O4. The molecule has 2 atom stereocenters. The van der Waals surface area contributed by atoms with E-state index in [1.54, 1.807) is 49.9 Å². The Morgan fingerprint density at radius 1 is 1.44 bits per heavy atom. The fourth-order valence-corrected chi connectivity index (χ4v) is 3.51. The van der Waals surface area contributed by atoms with Crippen LogP contribution in [0.4, 0.5) is 4.79 Å². The summed E-state index contributed by atoms with van der Waals surface area (Å²) in [6.45, 7) is 5.93. The van der Waals surface area contributed by atoms with Crippen LogP contribution in [0.5, 0.6) is 0 Å². The number of hydrazone groups is 1. The Morgan fingerprint density at radius 3 is 2.94 bits per heavy atom. The van der Waals surface area contributed by atoms with Crippen LogP contribution in [-0.2, 0) is 4.74 Å². The molecule has 178 valence electrons. The molecule has 34 heavy (non-hydrogen) atoms. The predicted molar refractivity (Wildman–Crippen MR) is 125 cm³/mol. The van der Waals surface area contributed by atoms with Gasteiger partial charge in [-0.1, -0.05) is 12.1 Å². The molecule has 1 aromatic carbocycles. The van der Waals surface area contributed by atoms with Gasteiger partial charge in [-0.2, -0.15) is 10.4 Å². The third-order valence-electron chi connectivity index (χ3n) is 4.92. The van der Waals surface area contributed by atoms with Gasteiger partial charge in [0.2, 0.25) is 0 Å².